The van der Waals surface area contributed by atoms with Crippen LogP contribution in [0.15, 0.2) is 35.7 Å². The molecule has 4 heteroatoms. The predicted molar refractivity (Wildman–Crippen MR) is 79.1 cm³/mol. The van der Waals surface area contributed by atoms with E-state index >= 15 is 0 Å². The summed E-state index contributed by atoms with van der Waals surface area (Å²) in [7, 11) is 1.65. The highest BCUT2D eigenvalue weighted by Crippen LogP contribution is 2.28. The lowest BCUT2D eigenvalue weighted by Crippen LogP contribution is -2.09. The summed E-state index contributed by atoms with van der Waals surface area (Å²) >= 11 is 1.75. The van der Waals surface area contributed by atoms with Gasteiger partial charge in [0.2, 0.25) is 0 Å². The molecule has 2 aromatic rings. The average Bonchev–Trinajstić information content (AvgIpc) is 2.91. The minimum Gasteiger partial charge on any atom is -0.497 e. The van der Waals surface area contributed by atoms with Gasteiger partial charge in [0.25, 0.3) is 0 Å². The number of hydrogen-bond donors (Lipinski definition) is 1. The molecule has 0 saturated heterocycles. The molecule has 1 atom stereocenters. The third-order valence-corrected chi connectivity index (χ3v) is 3.83. The molecule has 0 saturated carbocycles. The van der Waals surface area contributed by atoms with E-state index < -0.39 is 0 Å². The van der Waals surface area contributed by atoms with E-state index in [9.17, 15) is 0 Å². The minimum absolute atomic E-state index is 0.0531. The van der Waals surface area contributed by atoms with Gasteiger partial charge in [-0.05, 0) is 24.4 Å². The topological polar surface area (TPSA) is 44.5 Å². The second-order valence-corrected chi connectivity index (χ2v) is 5.40. The van der Waals surface area contributed by atoms with Gasteiger partial charge in [0.15, 0.2) is 0 Å². The third kappa shape index (κ3) is 3.72. The normalized spacial score (nSPS) is 12.2. The second kappa shape index (κ2) is 6.59. The Hall–Kier alpha value is -1.52. The van der Waals surface area contributed by atoms with E-state index in [1.54, 1.807) is 18.4 Å². The quantitative estimate of drug-likeness (QED) is 0.880. The number of thiophene rings is 1. The first-order valence-corrected chi connectivity index (χ1v) is 7.17. The van der Waals surface area contributed by atoms with Crippen LogP contribution in [0, 0.1) is 0 Å². The largest absolute Gasteiger partial charge is 0.497 e. The summed E-state index contributed by atoms with van der Waals surface area (Å²) in [4.78, 5) is 1.32. The van der Waals surface area contributed by atoms with Crippen molar-refractivity contribution >= 4 is 11.3 Å². The summed E-state index contributed by atoms with van der Waals surface area (Å²) in [6.45, 7) is 2.60. The number of hydrogen-bond acceptors (Lipinski definition) is 4. The Labute approximate surface area is 118 Å². The van der Waals surface area contributed by atoms with Gasteiger partial charge in [0.05, 0.1) is 13.7 Å². The minimum atomic E-state index is -0.0531. The molecule has 1 aromatic heterocycles. The van der Waals surface area contributed by atoms with Crippen LogP contribution in [0.1, 0.15) is 23.4 Å². The van der Waals surface area contributed by atoms with Crippen LogP contribution < -0.4 is 15.2 Å². The van der Waals surface area contributed by atoms with Crippen LogP contribution in [-0.4, -0.2) is 13.7 Å². The van der Waals surface area contributed by atoms with Crippen molar-refractivity contribution in [2.75, 3.05) is 13.7 Å². The molecule has 0 radical (unpaired) electrons. The van der Waals surface area contributed by atoms with E-state index in [-0.39, 0.29) is 6.04 Å². The van der Waals surface area contributed by atoms with Crippen molar-refractivity contribution in [1.29, 1.82) is 0 Å². The molecule has 0 aliphatic rings. The Morgan fingerprint density at radius 3 is 2.79 bits per heavy atom. The SMILES string of the molecule is COc1ccc([C@H](C)N)c(OCCc2cccs2)c1. The highest BCUT2D eigenvalue weighted by molar-refractivity contribution is 7.09. The van der Waals surface area contributed by atoms with Crippen molar-refractivity contribution in [3.8, 4) is 11.5 Å². The summed E-state index contributed by atoms with van der Waals surface area (Å²) in [6, 6.07) is 9.88. The van der Waals surface area contributed by atoms with Crippen LogP contribution in [0.4, 0.5) is 0 Å². The maximum atomic E-state index is 5.95. The van der Waals surface area contributed by atoms with Crippen LogP contribution in [-0.2, 0) is 6.42 Å². The summed E-state index contributed by atoms with van der Waals surface area (Å²) in [5.41, 5.74) is 6.96. The Kier molecular flexibility index (Phi) is 4.82. The first-order valence-electron chi connectivity index (χ1n) is 6.29. The fraction of sp³-hybridized carbons (Fsp3) is 0.333. The standard InChI is InChI=1S/C15H19NO2S/c1-11(16)14-6-5-12(17-2)10-15(14)18-8-7-13-4-3-9-19-13/h3-6,9-11H,7-8,16H2,1-2H3/t11-/m0/s1. The molecule has 0 unspecified atom stereocenters. The molecule has 2 N–H and O–H groups in total. The summed E-state index contributed by atoms with van der Waals surface area (Å²) in [5, 5.41) is 2.08. The molecule has 2 rings (SSSR count). The average molecular weight is 277 g/mol. The fourth-order valence-corrected chi connectivity index (χ4v) is 2.55. The Morgan fingerprint density at radius 2 is 2.16 bits per heavy atom. The Morgan fingerprint density at radius 1 is 1.32 bits per heavy atom. The van der Waals surface area contributed by atoms with Gasteiger partial charge in [-0.3, -0.25) is 0 Å². The molecule has 0 aliphatic heterocycles. The predicted octanol–water partition coefficient (Wildman–Crippen LogP) is 3.40. The Bertz CT molecular complexity index is 509. The van der Waals surface area contributed by atoms with E-state index in [1.165, 1.54) is 4.88 Å². The Balaban J connectivity index is 2.04. The summed E-state index contributed by atoms with van der Waals surface area (Å²) in [6.07, 6.45) is 0.910. The first-order chi connectivity index (χ1) is 9.20. The molecule has 0 bridgehead atoms. The van der Waals surface area contributed by atoms with Crippen molar-refractivity contribution in [1.82, 2.24) is 0 Å². The highest BCUT2D eigenvalue weighted by atomic mass is 32.1. The van der Waals surface area contributed by atoms with Crippen LogP contribution >= 0.6 is 11.3 Å². The van der Waals surface area contributed by atoms with Gasteiger partial charge in [-0.25, -0.2) is 0 Å². The molecule has 1 aromatic carbocycles. The van der Waals surface area contributed by atoms with Gasteiger partial charge < -0.3 is 15.2 Å². The number of benzene rings is 1. The lowest BCUT2D eigenvalue weighted by molar-refractivity contribution is 0.315. The molecule has 102 valence electrons. The zero-order valence-corrected chi connectivity index (χ0v) is 12.1. The summed E-state index contributed by atoms with van der Waals surface area (Å²) < 4.78 is 11.1. The molecule has 0 amide bonds. The van der Waals surface area contributed by atoms with Gasteiger partial charge in [-0.2, -0.15) is 0 Å². The van der Waals surface area contributed by atoms with Gasteiger partial charge >= 0.3 is 0 Å². The van der Waals surface area contributed by atoms with Crippen molar-refractivity contribution in [2.24, 2.45) is 5.73 Å². The number of ether oxygens (including phenoxy) is 2. The van der Waals surface area contributed by atoms with Gasteiger partial charge in [-0.1, -0.05) is 12.1 Å². The van der Waals surface area contributed by atoms with E-state index in [0.29, 0.717) is 6.61 Å². The van der Waals surface area contributed by atoms with Crippen molar-refractivity contribution in [2.45, 2.75) is 19.4 Å². The lowest BCUT2D eigenvalue weighted by Gasteiger charge is -2.15. The molecule has 1 heterocycles. The van der Waals surface area contributed by atoms with E-state index in [2.05, 4.69) is 17.5 Å². The van der Waals surface area contributed by atoms with Crippen LogP contribution in [0.3, 0.4) is 0 Å². The first kappa shape index (κ1) is 13.9. The zero-order chi connectivity index (χ0) is 13.7. The maximum absolute atomic E-state index is 5.95. The highest BCUT2D eigenvalue weighted by Gasteiger charge is 2.09. The summed E-state index contributed by atoms with van der Waals surface area (Å²) in [5.74, 6) is 1.60. The van der Waals surface area contributed by atoms with E-state index in [1.807, 2.05) is 25.1 Å². The second-order valence-electron chi connectivity index (χ2n) is 4.37. The molecular formula is C15H19NO2S. The van der Waals surface area contributed by atoms with Crippen LogP contribution in [0.2, 0.25) is 0 Å². The molecular weight excluding hydrogens is 258 g/mol. The van der Waals surface area contributed by atoms with Crippen LogP contribution in [0.5, 0.6) is 11.5 Å². The third-order valence-electron chi connectivity index (χ3n) is 2.90. The van der Waals surface area contributed by atoms with E-state index in [4.69, 9.17) is 15.2 Å². The molecule has 3 nitrogen and oxygen atoms in total. The van der Waals surface area contributed by atoms with Crippen molar-refractivity contribution < 1.29 is 9.47 Å². The monoisotopic (exact) mass is 277 g/mol. The van der Waals surface area contributed by atoms with Gasteiger partial charge in [-0.15, -0.1) is 11.3 Å². The molecule has 19 heavy (non-hydrogen) atoms. The van der Waals surface area contributed by atoms with Crippen molar-refractivity contribution in [3.63, 3.8) is 0 Å². The zero-order valence-electron chi connectivity index (χ0n) is 11.3. The molecule has 0 aliphatic carbocycles. The smallest absolute Gasteiger partial charge is 0.127 e. The van der Waals surface area contributed by atoms with E-state index in [0.717, 1.165) is 23.5 Å². The fourth-order valence-electron chi connectivity index (χ4n) is 1.86. The van der Waals surface area contributed by atoms with Crippen LogP contribution in [0.25, 0.3) is 0 Å². The van der Waals surface area contributed by atoms with Gasteiger partial charge in [0.1, 0.15) is 11.5 Å². The number of nitrogens with two attached hydrogens (primary N) is 1. The maximum Gasteiger partial charge on any atom is 0.127 e. The number of rotatable bonds is 6. The van der Waals surface area contributed by atoms with Crippen molar-refractivity contribution in [3.05, 3.63) is 46.2 Å². The number of methoxy groups -OCH3 is 1. The lowest BCUT2D eigenvalue weighted by atomic mass is 10.1. The molecule has 0 spiro atoms. The molecule has 0 fully saturated rings. The van der Waals surface area contributed by atoms with Gasteiger partial charge in [0, 0.05) is 29.0 Å².